The van der Waals surface area contributed by atoms with E-state index in [0.29, 0.717) is 25.3 Å². The third kappa shape index (κ3) is 4.34. The zero-order valence-electron chi connectivity index (χ0n) is 13.2. The van der Waals surface area contributed by atoms with Gasteiger partial charge in [-0.1, -0.05) is 0 Å². The highest BCUT2D eigenvalue weighted by Crippen LogP contribution is 2.18. The number of nitrogens with zero attached hydrogens (tertiary/aromatic N) is 3. The quantitative estimate of drug-likeness (QED) is 0.860. The fraction of sp³-hybridized carbons (Fsp3) is 0.533. The lowest BCUT2D eigenvalue weighted by atomic mass is 10.2. The molecule has 1 aromatic heterocycles. The Morgan fingerprint density at radius 1 is 1.27 bits per heavy atom. The lowest BCUT2D eigenvalue weighted by molar-refractivity contribution is -0.105. The van der Waals surface area contributed by atoms with Crippen molar-refractivity contribution >= 4 is 24.0 Å². The molecule has 7 nitrogen and oxygen atoms in total. The van der Waals surface area contributed by atoms with Crippen LogP contribution >= 0.6 is 0 Å². The molecule has 0 bridgehead atoms. The molecule has 0 saturated carbocycles. The lowest BCUT2D eigenvalue weighted by Crippen LogP contribution is -2.50. The normalized spacial score (nSPS) is 15.4. The second-order valence-electron chi connectivity index (χ2n) is 6.12. The molecule has 2 amide bonds. The Hall–Kier alpha value is -2.31. The van der Waals surface area contributed by atoms with Crippen molar-refractivity contribution in [3.8, 4) is 0 Å². The third-order valence-electron chi connectivity index (χ3n) is 3.25. The minimum absolute atomic E-state index is 0.268. The number of hydrogen-bond acceptors (Lipinski definition) is 5. The molecular weight excluding hydrogens is 284 g/mol. The number of rotatable bonds is 3. The van der Waals surface area contributed by atoms with E-state index in [-0.39, 0.29) is 6.09 Å². The average Bonchev–Trinajstić information content (AvgIpc) is 2.47. The summed E-state index contributed by atoms with van der Waals surface area (Å²) in [6.45, 7) is 8.26. The van der Waals surface area contributed by atoms with Crippen LogP contribution in [0.4, 0.5) is 16.3 Å². The molecule has 1 aromatic rings. The first-order valence-corrected chi connectivity index (χ1v) is 7.28. The van der Waals surface area contributed by atoms with Crippen LogP contribution in [0.1, 0.15) is 20.8 Å². The van der Waals surface area contributed by atoms with Crippen LogP contribution in [0.5, 0.6) is 0 Å². The maximum atomic E-state index is 12.0. The van der Waals surface area contributed by atoms with E-state index in [1.54, 1.807) is 17.2 Å². The molecule has 0 aromatic carbocycles. The number of piperazine rings is 1. The summed E-state index contributed by atoms with van der Waals surface area (Å²) in [4.78, 5) is 30.4. The highest BCUT2D eigenvalue weighted by Gasteiger charge is 2.25. The number of hydrogen-bond donors (Lipinski definition) is 1. The minimum Gasteiger partial charge on any atom is -0.444 e. The molecule has 0 spiro atoms. The molecule has 1 saturated heterocycles. The Bertz CT molecular complexity index is 517. The number of aromatic nitrogens is 1. The van der Waals surface area contributed by atoms with Crippen LogP contribution in [0.25, 0.3) is 0 Å². The zero-order valence-corrected chi connectivity index (χ0v) is 13.2. The van der Waals surface area contributed by atoms with Crippen LogP contribution in [0, 0.1) is 0 Å². The second-order valence-corrected chi connectivity index (χ2v) is 6.12. The van der Waals surface area contributed by atoms with Crippen LogP contribution in [-0.4, -0.2) is 54.2 Å². The summed E-state index contributed by atoms with van der Waals surface area (Å²) in [5.74, 6) is 0.520. The van der Waals surface area contributed by atoms with E-state index in [0.717, 1.165) is 18.8 Å². The smallest absolute Gasteiger partial charge is 0.410 e. The van der Waals surface area contributed by atoms with Crippen molar-refractivity contribution in [2.75, 3.05) is 36.4 Å². The monoisotopic (exact) mass is 306 g/mol. The summed E-state index contributed by atoms with van der Waals surface area (Å²) in [7, 11) is 0. The van der Waals surface area contributed by atoms with Gasteiger partial charge in [0, 0.05) is 26.2 Å². The average molecular weight is 306 g/mol. The van der Waals surface area contributed by atoms with E-state index in [1.807, 2.05) is 26.8 Å². The Balaban J connectivity index is 1.89. The molecule has 1 N–H and O–H groups in total. The van der Waals surface area contributed by atoms with Gasteiger partial charge >= 0.3 is 6.09 Å². The van der Waals surface area contributed by atoms with E-state index in [9.17, 15) is 9.59 Å². The Morgan fingerprint density at radius 3 is 2.45 bits per heavy atom. The van der Waals surface area contributed by atoms with E-state index >= 15 is 0 Å². The van der Waals surface area contributed by atoms with Crippen LogP contribution in [-0.2, 0) is 9.53 Å². The number of ether oxygens (including phenoxy) is 1. The van der Waals surface area contributed by atoms with Gasteiger partial charge in [0.05, 0.1) is 11.9 Å². The summed E-state index contributed by atoms with van der Waals surface area (Å²) >= 11 is 0. The predicted molar refractivity (Wildman–Crippen MR) is 83.9 cm³/mol. The van der Waals surface area contributed by atoms with Gasteiger partial charge in [-0.05, 0) is 32.9 Å². The second kappa shape index (κ2) is 6.64. The highest BCUT2D eigenvalue weighted by atomic mass is 16.6. The SMILES string of the molecule is CC(C)(C)OC(=O)N1CCN(c2ccc(NC=O)nc2)CC1. The van der Waals surface area contributed by atoms with Gasteiger partial charge in [-0.15, -0.1) is 0 Å². The van der Waals surface area contributed by atoms with Crippen molar-refractivity contribution in [2.45, 2.75) is 26.4 Å². The van der Waals surface area contributed by atoms with Gasteiger partial charge in [-0.25, -0.2) is 9.78 Å². The summed E-state index contributed by atoms with van der Waals surface area (Å²) in [6, 6.07) is 3.66. The van der Waals surface area contributed by atoms with Gasteiger partial charge in [-0.3, -0.25) is 4.79 Å². The Morgan fingerprint density at radius 2 is 1.95 bits per heavy atom. The first-order chi connectivity index (χ1) is 10.4. The lowest BCUT2D eigenvalue weighted by Gasteiger charge is -2.36. The van der Waals surface area contributed by atoms with Crippen molar-refractivity contribution in [1.82, 2.24) is 9.88 Å². The Labute approximate surface area is 130 Å². The summed E-state index contributed by atoms with van der Waals surface area (Å²) in [5.41, 5.74) is 0.500. The number of pyridine rings is 1. The number of carbonyl (C=O) groups is 2. The van der Waals surface area contributed by atoms with Gasteiger partial charge in [0.1, 0.15) is 11.4 Å². The van der Waals surface area contributed by atoms with E-state index < -0.39 is 5.60 Å². The van der Waals surface area contributed by atoms with Gasteiger partial charge < -0.3 is 19.9 Å². The molecule has 120 valence electrons. The molecule has 22 heavy (non-hydrogen) atoms. The minimum atomic E-state index is -0.473. The molecule has 1 aliphatic rings. The number of carbonyl (C=O) groups excluding carboxylic acids is 2. The first-order valence-electron chi connectivity index (χ1n) is 7.28. The molecule has 2 rings (SSSR count). The summed E-state index contributed by atoms with van der Waals surface area (Å²) in [6.07, 6.45) is 2.05. The van der Waals surface area contributed by atoms with Crippen molar-refractivity contribution in [3.63, 3.8) is 0 Å². The van der Waals surface area contributed by atoms with Crippen molar-refractivity contribution < 1.29 is 14.3 Å². The maximum Gasteiger partial charge on any atom is 0.410 e. The fourth-order valence-electron chi connectivity index (χ4n) is 2.19. The zero-order chi connectivity index (χ0) is 16.2. The van der Waals surface area contributed by atoms with E-state index in [4.69, 9.17) is 4.74 Å². The van der Waals surface area contributed by atoms with Crippen molar-refractivity contribution in [1.29, 1.82) is 0 Å². The van der Waals surface area contributed by atoms with E-state index in [1.165, 1.54) is 0 Å². The largest absolute Gasteiger partial charge is 0.444 e. The van der Waals surface area contributed by atoms with Crippen LogP contribution in [0.2, 0.25) is 0 Å². The predicted octanol–water partition coefficient (Wildman–Crippen LogP) is 1.71. The molecule has 1 fully saturated rings. The fourth-order valence-corrected chi connectivity index (χ4v) is 2.19. The molecule has 0 radical (unpaired) electrons. The first kappa shape index (κ1) is 16.1. The standard InChI is InChI=1S/C15H22N4O3/c1-15(2,3)22-14(21)19-8-6-18(7-9-19)12-4-5-13(16-10-12)17-11-20/h4-5,10-11H,6-9H2,1-3H3,(H,16,17,20). The Kier molecular flexibility index (Phi) is 4.85. The van der Waals surface area contributed by atoms with Crippen molar-refractivity contribution in [3.05, 3.63) is 18.3 Å². The number of anilines is 2. The molecule has 0 unspecified atom stereocenters. The maximum absolute atomic E-state index is 12.0. The molecule has 1 aliphatic heterocycles. The molecule has 2 heterocycles. The molecule has 7 heteroatoms. The van der Waals surface area contributed by atoms with Crippen molar-refractivity contribution in [2.24, 2.45) is 0 Å². The highest BCUT2D eigenvalue weighted by molar-refractivity contribution is 5.70. The van der Waals surface area contributed by atoms with Gasteiger partial charge in [-0.2, -0.15) is 0 Å². The molecule has 0 aliphatic carbocycles. The third-order valence-corrected chi connectivity index (χ3v) is 3.25. The van der Waals surface area contributed by atoms with Gasteiger partial charge in [0.15, 0.2) is 0 Å². The van der Waals surface area contributed by atoms with Gasteiger partial charge in [0.2, 0.25) is 6.41 Å². The number of amides is 2. The van der Waals surface area contributed by atoms with Gasteiger partial charge in [0.25, 0.3) is 0 Å². The molecular formula is C15H22N4O3. The number of nitrogens with one attached hydrogen (secondary N) is 1. The van der Waals surface area contributed by atoms with Crippen LogP contribution in [0.3, 0.4) is 0 Å². The topological polar surface area (TPSA) is 74.8 Å². The summed E-state index contributed by atoms with van der Waals surface area (Å²) in [5, 5.41) is 2.50. The summed E-state index contributed by atoms with van der Waals surface area (Å²) < 4.78 is 5.38. The van der Waals surface area contributed by atoms with Crippen LogP contribution < -0.4 is 10.2 Å². The van der Waals surface area contributed by atoms with Crippen LogP contribution in [0.15, 0.2) is 18.3 Å². The molecule has 0 atom stereocenters. The van der Waals surface area contributed by atoms with E-state index in [2.05, 4.69) is 15.2 Å².